The maximum absolute atomic E-state index is 13.2. The predicted octanol–water partition coefficient (Wildman–Crippen LogP) is 3.85. The molecule has 2 aromatic carbocycles. The molecule has 0 atom stereocenters. The van der Waals surface area contributed by atoms with Crippen molar-refractivity contribution >= 4 is 0 Å². The summed E-state index contributed by atoms with van der Waals surface area (Å²) in [5.74, 6) is -0.976. The molecule has 0 aliphatic rings. The first kappa shape index (κ1) is 11.6. The third-order valence-electron chi connectivity index (χ3n) is 2.50. The average molecular weight is 234 g/mol. The van der Waals surface area contributed by atoms with Crippen LogP contribution in [0.2, 0.25) is 0 Å². The van der Waals surface area contributed by atoms with Crippen LogP contribution in [0, 0.1) is 18.6 Å². The topological polar surface area (TPSA) is 9.23 Å². The molecule has 0 aliphatic carbocycles. The molecule has 0 fully saturated rings. The number of hydrogen-bond donors (Lipinski definition) is 0. The van der Waals surface area contributed by atoms with E-state index >= 15 is 0 Å². The summed E-state index contributed by atoms with van der Waals surface area (Å²) in [4.78, 5) is 0. The fourth-order valence-corrected chi connectivity index (χ4v) is 1.45. The van der Waals surface area contributed by atoms with Gasteiger partial charge in [0.15, 0.2) is 0 Å². The van der Waals surface area contributed by atoms with Crippen LogP contribution in [-0.4, -0.2) is 0 Å². The molecule has 0 unspecified atom stereocenters. The van der Waals surface area contributed by atoms with Crippen molar-refractivity contribution in [1.29, 1.82) is 0 Å². The first-order valence-electron chi connectivity index (χ1n) is 5.29. The van der Waals surface area contributed by atoms with Gasteiger partial charge in [-0.05, 0) is 12.5 Å². The lowest BCUT2D eigenvalue weighted by Crippen LogP contribution is -1.97. The van der Waals surface area contributed by atoms with E-state index in [2.05, 4.69) is 0 Å². The van der Waals surface area contributed by atoms with Crippen molar-refractivity contribution in [3.05, 3.63) is 65.2 Å². The molecular formula is C14H12F2O. The van der Waals surface area contributed by atoms with Crippen molar-refractivity contribution in [2.75, 3.05) is 0 Å². The molecule has 0 aliphatic heterocycles. The average Bonchev–Trinajstić information content (AvgIpc) is 2.34. The molecule has 0 heterocycles. The normalized spacial score (nSPS) is 10.3. The lowest BCUT2D eigenvalue weighted by Gasteiger charge is -2.08. The molecule has 88 valence electrons. The fraction of sp³-hybridized carbons (Fsp3) is 0.143. The third-order valence-corrected chi connectivity index (χ3v) is 2.50. The highest BCUT2D eigenvalue weighted by atomic mass is 19.1. The number of rotatable bonds is 3. The van der Waals surface area contributed by atoms with Gasteiger partial charge < -0.3 is 4.74 Å². The molecule has 0 saturated carbocycles. The molecule has 0 N–H and O–H groups in total. The zero-order valence-corrected chi connectivity index (χ0v) is 9.41. The van der Waals surface area contributed by atoms with E-state index in [4.69, 9.17) is 4.74 Å². The van der Waals surface area contributed by atoms with E-state index in [1.54, 1.807) is 0 Å². The van der Waals surface area contributed by atoms with Crippen LogP contribution in [0.25, 0.3) is 0 Å². The zero-order chi connectivity index (χ0) is 12.3. The number of hydrogen-bond acceptors (Lipinski definition) is 1. The highest BCUT2D eigenvalue weighted by Gasteiger charge is 2.07. The molecule has 1 nitrogen and oxygen atoms in total. The number of ether oxygens (including phenoxy) is 1. The van der Waals surface area contributed by atoms with Gasteiger partial charge in [-0.2, -0.15) is 0 Å². The van der Waals surface area contributed by atoms with Crippen LogP contribution in [0.3, 0.4) is 0 Å². The molecule has 0 amide bonds. The minimum absolute atomic E-state index is 0.0112. The van der Waals surface area contributed by atoms with Crippen LogP contribution in [0.5, 0.6) is 5.75 Å². The highest BCUT2D eigenvalue weighted by Crippen LogP contribution is 2.20. The Labute approximate surface area is 98.7 Å². The predicted molar refractivity (Wildman–Crippen MR) is 61.9 cm³/mol. The summed E-state index contributed by atoms with van der Waals surface area (Å²) in [6.45, 7) is 1.69. The largest absolute Gasteiger partial charge is 0.489 e. The van der Waals surface area contributed by atoms with Crippen molar-refractivity contribution in [3.63, 3.8) is 0 Å². The minimum Gasteiger partial charge on any atom is -0.489 e. The van der Waals surface area contributed by atoms with Gasteiger partial charge in [-0.15, -0.1) is 0 Å². The Morgan fingerprint density at radius 2 is 1.59 bits per heavy atom. The van der Waals surface area contributed by atoms with E-state index in [-0.39, 0.29) is 11.3 Å². The van der Waals surface area contributed by atoms with E-state index in [1.165, 1.54) is 19.1 Å². The maximum Gasteiger partial charge on any atom is 0.132 e. The molecule has 2 rings (SSSR count). The van der Waals surface area contributed by atoms with Crippen LogP contribution in [0.4, 0.5) is 8.78 Å². The van der Waals surface area contributed by atoms with Crippen molar-refractivity contribution in [2.45, 2.75) is 13.5 Å². The first-order chi connectivity index (χ1) is 8.16. The molecule has 0 saturated heterocycles. The summed E-state index contributed by atoms with van der Waals surface area (Å²) < 4.78 is 31.8. The minimum atomic E-state index is -0.590. The zero-order valence-electron chi connectivity index (χ0n) is 9.41. The molecule has 0 spiro atoms. The smallest absolute Gasteiger partial charge is 0.132 e. The SMILES string of the molecule is Cc1c(F)cc(OCc2ccccc2)cc1F. The first-order valence-corrected chi connectivity index (χ1v) is 5.29. The molecule has 2 aromatic rings. The number of halogens is 2. The molecular weight excluding hydrogens is 222 g/mol. The second-order valence-electron chi connectivity index (χ2n) is 3.79. The Morgan fingerprint density at radius 3 is 2.18 bits per heavy atom. The van der Waals surface area contributed by atoms with Gasteiger partial charge in [-0.3, -0.25) is 0 Å². The van der Waals surface area contributed by atoms with Crippen molar-refractivity contribution in [3.8, 4) is 5.75 Å². The van der Waals surface area contributed by atoms with Crippen molar-refractivity contribution in [2.24, 2.45) is 0 Å². The van der Waals surface area contributed by atoms with E-state index in [1.807, 2.05) is 30.3 Å². The van der Waals surface area contributed by atoms with E-state index in [9.17, 15) is 8.78 Å². The second kappa shape index (κ2) is 4.95. The van der Waals surface area contributed by atoms with Crippen LogP contribution in [0.15, 0.2) is 42.5 Å². The Balaban J connectivity index is 2.10. The van der Waals surface area contributed by atoms with Gasteiger partial charge in [0, 0.05) is 17.7 Å². The Bertz CT molecular complexity index is 486. The Morgan fingerprint density at radius 1 is 1.00 bits per heavy atom. The second-order valence-corrected chi connectivity index (χ2v) is 3.79. The molecule has 0 radical (unpaired) electrons. The summed E-state index contributed by atoms with van der Waals surface area (Å²) in [5.41, 5.74) is 0.964. The Kier molecular flexibility index (Phi) is 3.38. The van der Waals surface area contributed by atoms with E-state index < -0.39 is 11.6 Å². The van der Waals surface area contributed by atoms with Gasteiger partial charge >= 0.3 is 0 Å². The maximum atomic E-state index is 13.2. The quantitative estimate of drug-likeness (QED) is 0.783. The van der Waals surface area contributed by atoms with Gasteiger partial charge in [0.1, 0.15) is 24.0 Å². The molecule has 17 heavy (non-hydrogen) atoms. The van der Waals surface area contributed by atoms with Gasteiger partial charge in [0.2, 0.25) is 0 Å². The monoisotopic (exact) mass is 234 g/mol. The standard InChI is InChI=1S/C14H12F2O/c1-10-13(15)7-12(8-14(10)16)17-9-11-5-3-2-4-6-11/h2-8H,9H2,1H3. The van der Waals surface area contributed by atoms with Crippen LogP contribution in [0.1, 0.15) is 11.1 Å². The summed E-state index contributed by atoms with van der Waals surface area (Å²) in [5, 5.41) is 0. The molecule has 0 aromatic heterocycles. The van der Waals surface area contributed by atoms with Crippen LogP contribution < -0.4 is 4.74 Å². The third kappa shape index (κ3) is 2.81. The van der Waals surface area contributed by atoms with Crippen molar-refractivity contribution in [1.82, 2.24) is 0 Å². The van der Waals surface area contributed by atoms with E-state index in [0.29, 0.717) is 6.61 Å². The van der Waals surface area contributed by atoms with Crippen LogP contribution in [-0.2, 0) is 6.61 Å². The van der Waals surface area contributed by atoms with Gasteiger partial charge in [0.25, 0.3) is 0 Å². The summed E-state index contributed by atoms with van der Waals surface area (Å²) in [7, 11) is 0. The highest BCUT2D eigenvalue weighted by molar-refractivity contribution is 5.30. The number of benzene rings is 2. The van der Waals surface area contributed by atoms with Crippen molar-refractivity contribution < 1.29 is 13.5 Å². The lowest BCUT2D eigenvalue weighted by molar-refractivity contribution is 0.302. The fourth-order valence-electron chi connectivity index (χ4n) is 1.45. The van der Waals surface area contributed by atoms with Gasteiger partial charge in [-0.1, -0.05) is 30.3 Å². The summed E-state index contributed by atoms with van der Waals surface area (Å²) in [6, 6.07) is 11.8. The van der Waals surface area contributed by atoms with E-state index in [0.717, 1.165) is 5.56 Å². The van der Waals surface area contributed by atoms with Gasteiger partial charge in [-0.25, -0.2) is 8.78 Å². The lowest BCUT2D eigenvalue weighted by atomic mass is 10.2. The summed E-state index contributed by atoms with van der Waals surface area (Å²) >= 11 is 0. The van der Waals surface area contributed by atoms with Gasteiger partial charge in [0.05, 0.1) is 0 Å². The molecule has 3 heteroatoms. The van der Waals surface area contributed by atoms with Crippen LogP contribution >= 0.6 is 0 Å². The summed E-state index contributed by atoms with van der Waals surface area (Å²) in [6.07, 6.45) is 0. The molecule has 0 bridgehead atoms. The Hall–Kier alpha value is -1.90.